The maximum absolute atomic E-state index is 12.0. The molecule has 0 radical (unpaired) electrons. The highest BCUT2D eigenvalue weighted by Crippen LogP contribution is 2.25. The van der Waals surface area contributed by atoms with Crippen molar-refractivity contribution in [3.63, 3.8) is 0 Å². The van der Waals surface area contributed by atoms with Crippen molar-refractivity contribution < 1.29 is 14.7 Å². The van der Waals surface area contributed by atoms with Crippen LogP contribution < -0.4 is 10.6 Å². The van der Waals surface area contributed by atoms with Crippen LogP contribution in [-0.4, -0.2) is 23.1 Å². The van der Waals surface area contributed by atoms with E-state index in [0.29, 0.717) is 6.42 Å². The van der Waals surface area contributed by atoms with Crippen LogP contribution in [-0.2, 0) is 4.79 Å². The van der Waals surface area contributed by atoms with Gasteiger partial charge in [0, 0.05) is 9.61 Å². The fourth-order valence-corrected chi connectivity index (χ4v) is 3.01. The number of hydrogen-bond donors (Lipinski definition) is 3. The molecule has 1 aromatic rings. The van der Waals surface area contributed by atoms with E-state index in [1.165, 1.54) is 0 Å². The standard InChI is InChI=1S/C14H17IN2O3/c15-10-6-2-4-8-12(10)17-14(20)16-11-7-3-1-5-9(11)13(18)19/h2,4,6,8-9,11H,1,3,5,7H2,(H,18,19)(H2,16,17,20). The average molecular weight is 388 g/mol. The molecule has 3 N–H and O–H groups in total. The van der Waals surface area contributed by atoms with Gasteiger partial charge in [0.15, 0.2) is 0 Å². The summed E-state index contributed by atoms with van der Waals surface area (Å²) in [7, 11) is 0. The lowest BCUT2D eigenvalue weighted by Gasteiger charge is -2.29. The monoisotopic (exact) mass is 388 g/mol. The molecule has 0 spiro atoms. The van der Waals surface area contributed by atoms with Gasteiger partial charge in [0.05, 0.1) is 11.6 Å². The van der Waals surface area contributed by atoms with Gasteiger partial charge < -0.3 is 15.7 Å². The van der Waals surface area contributed by atoms with E-state index in [4.69, 9.17) is 0 Å². The number of nitrogens with one attached hydrogen (secondary N) is 2. The number of halogens is 1. The normalized spacial score (nSPS) is 22.1. The summed E-state index contributed by atoms with van der Waals surface area (Å²) in [6.45, 7) is 0. The molecular weight excluding hydrogens is 371 g/mol. The molecule has 1 saturated carbocycles. The summed E-state index contributed by atoms with van der Waals surface area (Å²) in [6, 6.07) is 6.83. The maximum Gasteiger partial charge on any atom is 0.319 e. The Bertz CT molecular complexity index is 507. The number of carbonyl (C=O) groups is 2. The summed E-state index contributed by atoms with van der Waals surface area (Å²) in [5.74, 6) is -1.31. The highest BCUT2D eigenvalue weighted by molar-refractivity contribution is 14.1. The minimum Gasteiger partial charge on any atom is -0.481 e. The Labute approximate surface area is 131 Å². The number of aliphatic carboxylic acids is 1. The van der Waals surface area contributed by atoms with Gasteiger partial charge in [-0.15, -0.1) is 0 Å². The number of carbonyl (C=O) groups excluding carboxylic acids is 1. The summed E-state index contributed by atoms with van der Waals surface area (Å²) < 4.78 is 0.943. The molecule has 20 heavy (non-hydrogen) atoms. The van der Waals surface area contributed by atoms with Gasteiger partial charge in [-0.05, 0) is 47.6 Å². The molecule has 2 unspecified atom stereocenters. The van der Waals surface area contributed by atoms with Gasteiger partial charge in [-0.2, -0.15) is 0 Å². The number of urea groups is 1. The first-order valence-corrected chi connectivity index (χ1v) is 7.70. The molecule has 0 aliphatic heterocycles. The summed E-state index contributed by atoms with van der Waals surface area (Å²) in [4.78, 5) is 23.2. The van der Waals surface area contributed by atoms with Crippen LogP contribution in [0.2, 0.25) is 0 Å². The quantitative estimate of drug-likeness (QED) is 0.697. The molecule has 0 aromatic heterocycles. The molecule has 6 heteroatoms. The molecule has 108 valence electrons. The smallest absolute Gasteiger partial charge is 0.319 e. The lowest BCUT2D eigenvalue weighted by molar-refractivity contribution is -0.143. The number of amides is 2. The first-order valence-electron chi connectivity index (χ1n) is 6.63. The number of rotatable bonds is 3. The van der Waals surface area contributed by atoms with Crippen molar-refractivity contribution in [2.45, 2.75) is 31.7 Å². The molecule has 5 nitrogen and oxygen atoms in total. The minimum atomic E-state index is -0.829. The Hall–Kier alpha value is -1.31. The van der Waals surface area contributed by atoms with Gasteiger partial charge in [0.1, 0.15) is 0 Å². The van der Waals surface area contributed by atoms with Crippen LogP contribution in [0, 0.1) is 9.49 Å². The molecule has 2 rings (SSSR count). The van der Waals surface area contributed by atoms with Gasteiger partial charge in [0.25, 0.3) is 0 Å². The van der Waals surface area contributed by atoms with Gasteiger partial charge in [-0.25, -0.2) is 4.79 Å². The van der Waals surface area contributed by atoms with Crippen molar-refractivity contribution in [3.05, 3.63) is 27.8 Å². The molecule has 0 saturated heterocycles. The summed E-state index contributed by atoms with van der Waals surface area (Å²) in [5.41, 5.74) is 0.730. The molecule has 0 heterocycles. The number of para-hydroxylation sites is 1. The highest BCUT2D eigenvalue weighted by atomic mass is 127. The predicted molar refractivity (Wildman–Crippen MR) is 84.7 cm³/mol. The molecule has 1 aliphatic rings. The number of hydrogen-bond acceptors (Lipinski definition) is 2. The molecule has 1 aliphatic carbocycles. The average Bonchev–Trinajstić information content (AvgIpc) is 2.41. The van der Waals surface area contributed by atoms with Crippen molar-refractivity contribution in [3.8, 4) is 0 Å². The van der Waals surface area contributed by atoms with E-state index in [1.54, 1.807) is 0 Å². The number of carboxylic acid groups (broad SMARTS) is 1. The lowest BCUT2D eigenvalue weighted by Crippen LogP contribution is -2.46. The Morgan fingerprint density at radius 3 is 2.60 bits per heavy atom. The third-order valence-electron chi connectivity index (χ3n) is 3.52. The molecule has 1 fully saturated rings. The Morgan fingerprint density at radius 1 is 1.20 bits per heavy atom. The van der Waals surface area contributed by atoms with E-state index < -0.39 is 11.9 Å². The highest BCUT2D eigenvalue weighted by Gasteiger charge is 2.31. The molecule has 2 atom stereocenters. The number of carboxylic acids is 1. The minimum absolute atomic E-state index is 0.289. The van der Waals surface area contributed by atoms with Crippen LogP contribution in [0.1, 0.15) is 25.7 Å². The van der Waals surface area contributed by atoms with E-state index in [-0.39, 0.29) is 12.1 Å². The second-order valence-corrected chi connectivity index (χ2v) is 6.08. The summed E-state index contributed by atoms with van der Waals surface area (Å²) in [6.07, 6.45) is 3.21. The molecule has 0 bridgehead atoms. The molecule has 2 amide bonds. The SMILES string of the molecule is O=C(Nc1ccccc1I)NC1CCCCC1C(=O)O. The van der Waals surface area contributed by atoms with Gasteiger partial charge in [-0.3, -0.25) is 4.79 Å². The zero-order chi connectivity index (χ0) is 14.5. The van der Waals surface area contributed by atoms with Crippen LogP contribution in [0.5, 0.6) is 0 Å². The summed E-state index contributed by atoms with van der Waals surface area (Å²) >= 11 is 2.14. The van der Waals surface area contributed by atoms with Crippen molar-refractivity contribution in [1.82, 2.24) is 5.32 Å². The van der Waals surface area contributed by atoms with Gasteiger partial charge in [0.2, 0.25) is 0 Å². The fraction of sp³-hybridized carbons (Fsp3) is 0.429. The van der Waals surface area contributed by atoms with E-state index >= 15 is 0 Å². The third kappa shape index (κ3) is 3.84. The van der Waals surface area contributed by atoms with Crippen LogP contribution in [0.25, 0.3) is 0 Å². The second-order valence-electron chi connectivity index (χ2n) is 4.91. The molecular formula is C14H17IN2O3. The van der Waals surface area contributed by atoms with Crippen molar-refractivity contribution in [1.29, 1.82) is 0 Å². The zero-order valence-corrected chi connectivity index (χ0v) is 13.1. The van der Waals surface area contributed by atoms with Gasteiger partial charge >= 0.3 is 12.0 Å². The second kappa shape index (κ2) is 6.92. The van der Waals surface area contributed by atoms with E-state index in [1.807, 2.05) is 24.3 Å². The van der Waals surface area contributed by atoms with Gasteiger partial charge in [-0.1, -0.05) is 25.0 Å². The van der Waals surface area contributed by atoms with Crippen molar-refractivity contribution in [2.24, 2.45) is 5.92 Å². The molecule has 1 aromatic carbocycles. The van der Waals surface area contributed by atoms with Crippen LogP contribution >= 0.6 is 22.6 Å². The van der Waals surface area contributed by atoms with Crippen LogP contribution in [0.15, 0.2) is 24.3 Å². The lowest BCUT2D eigenvalue weighted by atomic mass is 9.84. The number of benzene rings is 1. The third-order valence-corrected chi connectivity index (χ3v) is 4.46. The topological polar surface area (TPSA) is 78.4 Å². The van der Waals surface area contributed by atoms with Crippen LogP contribution in [0.4, 0.5) is 10.5 Å². The maximum atomic E-state index is 12.0. The number of anilines is 1. The van der Waals surface area contributed by atoms with Crippen molar-refractivity contribution in [2.75, 3.05) is 5.32 Å². The zero-order valence-electron chi connectivity index (χ0n) is 10.9. The fourth-order valence-electron chi connectivity index (χ4n) is 2.49. The Balaban J connectivity index is 1.96. The van der Waals surface area contributed by atoms with Crippen LogP contribution in [0.3, 0.4) is 0 Å². The Morgan fingerprint density at radius 2 is 1.90 bits per heavy atom. The largest absolute Gasteiger partial charge is 0.481 e. The summed E-state index contributed by atoms with van der Waals surface area (Å²) in [5, 5.41) is 14.7. The Kier molecular flexibility index (Phi) is 5.22. The van der Waals surface area contributed by atoms with E-state index in [9.17, 15) is 14.7 Å². The predicted octanol–water partition coefficient (Wildman–Crippen LogP) is 3.06. The first kappa shape index (κ1) is 15.1. The van der Waals surface area contributed by atoms with E-state index in [0.717, 1.165) is 28.5 Å². The first-order chi connectivity index (χ1) is 9.58. The van der Waals surface area contributed by atoms with Crippen molar-refractivity contribution >= 4 is 40.3 Å². The van der Waals surface area contributed by atoms with E-state index in [2.05, 4.69) is 33.2 Å².